The number of rotatable bonds is 5. The fourth-order valence-electron chi connectivity index (χ4n) is 3.97. The van der Waals surface area contributed by atoms with Crippen LogP contribution in [0.15, 0.2) is 36.8 Å². The molecule has 1 aliphatic rings. The highest BCUT2D eigenvalue weighted by Crippen LogP contribution is 2.36. The Kier molecular flexibility index (Phi) is 4.81. The first-order chi connectivity index (χ1) is 13.6. The van der Waals surface area contributed by atoms with Crippen molar-refractivity contribution in [1.82, 2.24) is 34.8 Å². The first-order valence-corrected chi connectivity index (χ1v) is 9.44. The van der Waals surface area contributed by atoms with Gasteiger partial charge in [-0.2, -0.15) is 5.10 Å². The summed E-state index contributed by atoms with van der Waals surface area (Å²) in [6.07, 6.45) is 6.70. The number of pyridine rings is 1. The zero-order valence-electron chi connectivity index (χ0n) is 15.9. The Balaban J connectivity index is 1.53. The molecule has 2 amide bonds. The minimum absolute atomic E-state index is 0.0999. The molecule has 3 aromatic rings. The molecule has 1 aliphatic heterocycles. The second kappa shape index (κ2) is 7.41. The van der Waals surface area contributed by atoms with E-state index in [1.807, 2.05) is 43.3 Å². The van der Waals surface area contributed by atoms with Gasteiger partial charge in [-0.15, -0.1) is 5.10 Å². The van der Waals surface area contributed by atoms with Crippen LogP contribution in [0.4, 0.5) is 0 Å². The highest BCUT2D eigenvalue weighted by Gasteiger charge is 2.37. The van der Waals surface area contributed by atoms with E-state index >= 15 is 0 Å². The van der Waals surface area contributed by atoms with Crippen LogP contribution < -0.4 is 5.32 Å². The summed E-state index contributed by atoms with van der Waals surface area (Å²) >= 11 is 0. The summed E-state index contributed by atoms with van der Waals surface area (Å²) in [5.74, 6) is -0.0121. The Hall–Kier alpha value is -3.23. The number of carbonyl (C=O) groups excluding carboxylic acids is 2. The highest BCUT2D eigenvalue weighted by atomic mass is 16.2. The van der Waals surface area contributed by atoms with Crippen molar-refractivity contribution in [2.24, 2.45) is 13.0 Å². The summed E-state index contributed by atoms with van der Waals surface area (Å²) in [6.45, 7) is 3.05. The largest absolute Gasteiger partial charge is 0.350 e. The molecule has 1 saturated heterocycles. The van der Waals surface area contributed by atoms with Crippen LogP contribution >= 0.6 is 0 Å². The first-order valence-electron chi connectivity index (χ1n) is 9.44. The lowest BCUT2D eigenvalue weighted by atomic mass is 9.85. The minimum Gasteiger partial charge on any atom is -0.350 e. The summed E-state index contributed by atoms with van der Waals surface area (Å²) in [5.41, 5.74) is 1.96. The molecule has 146 valence electrons. The lowest BCUT2D eigenvalue weighted by Crippen LogP contribution is -2.46. The fourth-order valence-corrected chi connectivity index (χ4v) is 3.97. The van der Waals surface area contributed by atoms with Crippen molar-refractivity contribution >= 4 is 17.3 Å². The van der Waals surface area contributed by atoms with E-state index in [1.165, 1.54) is 0 Å². The van der Waals surface area contributed by atoms with E-state index in [4.69, 9.17) is 0 Å². The normalized spacial score (nSPS) is 19.9. The Morgan fingerprint density at radius 2 is 2.21 bits per heavy atom. The molecule has 0 bridgehead atoms. The predicted molar refractivity (Wildman–Crippen MR) is 101 cm³/mol. The van der Waals surface area contributed by atoms with Crippen LogP contribution in [0.1, 0.15) is 41.9 Å². The lowest BCUT2D eigenvalue weighted by Gasteiger charge is -2.40. The summed E-state index contributed by atoms with van der Waals surface area (Å²) in [4.78, 5) is 27.0. The van der Waals surface area contributed by atoms with Gasteiger partial charge in [0.15, 0.2) is 5.69 Å². The molecule has 1 fully saturated rings. The van der Waals surface area contributed by atoms with Crippen LogP contribution in [-0.4, -0.2) is 54.4 Å². The molecule has 9 nitrogen and oxygen atoms in total. The molecule has 4 heterocycles. The maximum Gasteiger partial charge on any atom is 0.274 e. The van der Waals surface area contributed by atoms with Crippen molar-refractivity contribution in [2.75, 3.05) is 13.1 Å². The number of aromatic nitrogens is 5. The van der Waals surface area contributed by atoms with E-state index in [9.17, 15) is 9.59 Å². The van der Waals surface area contributed by atoms with Gasteiger partial charge in [-0.3, -0.25) is 14.3 Å². The maximum absolute atomic E-state index is 12.7. The van der Waals surface area contributed by atoms with E-state index in [1.54, 1.807) is 21.6 Å². The molecule has 0 radical (unpaired) electrons. The summed E-state index contributed by atoms with van der Waals surface area (Å²) in [7, 11) is 1.86. The molecule has 9 heteroatoms. The minimum atomic E-state index is -0.258. The third-order valence-corrected chi connectivity index (χ3v) is 5.30. The SMILES string of the molecule is CCN1C(=O)CC[C@H](CNC(=O)c2nnn3ccccc23)[C@H]1c1cnn(C)c1. The number of fused-ring (bicyclic) bond motifs is 1. The molecular weight excluding hydrogens is 358 g/mol. The average Bonchev–Trinajstić information content (AvgIpc) is 3.32. The van der Waals surface area contributed by atoms with Crippen molar-refractivity contribution in [3.05, 3.63) is 48.0 Å². The van der Waals surface area contributed by atoms with Gasteiger partial charge in [-0.05, 0) is 25.5 Å². The van der Waals surface area contributed by atoms with Crippen LogP contribution in [0.25, 0.3) is 5.52 Å². The third-order valence-electron chi connectivity index (χ3n) is 5.30. The number of likely N-dealkylation sites (tertiary alicyclic amines) is 1. The molecule has 4 rings (SSSR count). The van der Waals surface area contributed by atoms with Crippen LogP contribution in [0.5, 0.6) is 0 Å². The molecule has 1 N–H and O–H groups in total. The molecule has 0 unspecified atom stereocenters. The van der Waals surface area contributed by atoms with Gasteiger partial charge in [0.1, 0.15) is 0 Å². The van der Waals surface area contributed by atoms with Gasteiger partial charge in [0.05, 0.1) is 17.8 Å². The highest BCUT2D eigenvalue weighted by molar-refractivity contribution is 5.98. The first kappa shape index (κ1) is 18.1. The smallest absolute Gasteiger partial charge is 0.274 e. The fraction of sp³-hybridized carbons (Fsp3) is 0.421. The van der Waals surface area contributed by atoms with Gasteiger partial charge in [-0.25, -0.2) is 4.52 Å². The van der Waals surface area contributed by atoms with Gasteiger partial charge < -0.3 is 10.2 Å². The molecule has 2 atom stereocenters. The number of hydrogen-bond acceptors (Lipinski definition) is 5. The summed E-state index contributed by atoms with van der Waals surface area (Å²) < 4.78 is 3.31. The van der Waals surface area contributed by atoms with Crippen molar-refractivity contribution in [3.8, 4) is 0 Å². The Morgan fingerprint density at radius 1 is 1.36 bits per heavy atom. The summed E-state index contributed by atoms with van der Waals surface area (Å²) in [5, 5.41) is 15.2. The Morgan fingerprint density at radius 3 is 2.96 bits per heavy atom. The quantitative estimate of drug-likeness (QED) is 0.716. The van der Waals surface area contributed by atoms with Gasteiger partial charge in [0, 0.05) is 50.4 Å². The molecule has 3 aromatic heterocycles. The molecule has 28 heavy (non-hydrogen) atoms. The Bertz CT molecular complexity index is 1010. The van der Waals surface area contributed by atoms with Gasteiger partial charge >= 0.3 is 0 Å². The lowest BCUT2D eigenvalue weighted by molar-refractivity contribution is -0.138. The number of piperidine rings is 1. The average molecular weight is 381 g/mol. The van der Waals surface area contributed by atoms with Crippen LogP contribution in [0.2, 0.25) is 0 Å². The number of carbonyl (C=O) groups is 2. The Labute approximate surface area is 162 Å². The molecule has 0 aromatic carbocycles. The van der Waals surface area contributed by atoms with Crippen LogP contribution in [-0.2, 0) is 11.8 Å². The molecule has 0 saturated carbocycles. The molecule has 0 aliphatic carbocycles. The van der Waals surface area contributed by atoms with Gasteiger partial charge in [0.2, 0.25) is 5.91 Å². The van der Waals surface area contributed by atoms with Crippen molar-refractivity contribution in [1.29, 1.82) is 0 Å². The predicted octanol–water partition coefficient (Wildman–Crippen LogP) is 1.19. The second-order valence-electron chi connectivity index (χ2n) is 7.05. The zero-order valence-corrected chi connectivity index (χ0v) is 15.9. The van der Waals surface area contributed by atoms with E-state index in [0.29, 0.717) is 30.7 Å². The van der Waals surface area contributed by atoms with E-state index in [-0.39, 0.29) is 23.8 Å². The monoisotopic (exact) mass is 381 g/mol. The molecular formula is C19H23N7O2. The number of amides is 2. The number of nitrogens with one attached hydrogen (secondary N) is 1. The molecule has 0 spiro atoms. The van der Waals surface area contributed by atoms with E-state index in [2.05, 4.69) is 20.7 Å². The van der Waals surface area contributed by atoms with Crippen molar-refractivity contribution in [3.63, 3.8) is 0 Å². The number of nitrogens with zero attached hydrogens (tertiary/aromatic N) is 6. The second-order valence-corrected chi connectivity index (χ2v) is 7.05. The number of aryl methyl sites for hydroxylation is 1. The summed E-state index contributed by atoms with van der Waals surface area (Å²) in [6, 6.07) is 5.39. The zero-order chi connectivity index (χ0) is 19.7. The van der Waals surface area contributed by atoms with Crippen LogP contribution in [0, 0.1) is 5.92 Å². The third kappa shape index (κ3) is 3.23. The van der Waals surface area contributed by atoms with Gasteiger partial charge in [0.25, 0.3) is 5.91 Å². The van der Waals surface area contributed by atoms with Crippen LogP contribution in [0.3, 0.4) is 0 Å². The van der Waals surface area contributed by atoms with Crippen molar-refractivity contribution in [2.45, 2.75) is 25.8 Å². The van der Waals surface area contributed by atoms with E-state index in [0.717, 1.165) is 12.0 Å². The van der Waals surface area contributed by atoms with Crippen molar-refractivity contribution < 1.29 is 9.59 Å². The van der Waals surface area contributed by atoms with E-state index < -0.39 is 0 Å². The topological polar surface area (TPSA) is 97.4 Å². The standard InChI is InChI=1S/C19H23N7O2/c1-3-25-16(27)8-7-13(18(25)14-11-21-24(2)12-14)10-20-19(28)17-15-6-4-5-9-26(15)23-22-17/h4-6,9,11-13,18H,3,7-8,10H2,1-2H3,(H,20,28)/t13-,18+/m1/s1. The maximum atomic E-state index is 12.7. The number of hydrogen-bond donors (Lipinski definition) is 1. The van der Waals surface area contributed by atoms with Gasteiger partial charge in [-0.1, -0.05) is 11.3 Å².